The zero-order valence-corrected chi connectivity index (χ0v) is 18.7. The molecule has 0 aliphatic rings. The summed E-state index contributed by atoms with van der Waals surface area (Å²) in [5.41, 5.74) is 1.47. The predicted octanol–water partition coefficient (Wildman–Crippen LogP) is 6.07. The second-order valence-electron chi connectivity index (χ2n) is 7.02. The Balaban J connectivity index is 1.94. The fraction of sp³-hybridized carbons (Fsp3) is 0.238. The molecular weight excluding hydrogens is 466 g/mol. The van der Waals surface area contributed by atoms with Crippen molar-refractivity contribution in [1.29, 1.82) is 0 Å². The van der Waals surface area contributed by atoms with E-state index in [1.54, 1.807) is 30.3 Å². The number of hydrogen-bond donors (Lipinski definition) is 2. The van der Waals surface area contributed by atoms with Crippen LogP contribution < -0.4 is 15.4 Å². The number of nitrogens with zero attached hydrogens (tertiary/aromatic N) is 3. The molecule has 0 radical (unpaired) electrons. The van der Waals surface area contributed by atoms with Gasteiger partial charge in [0.05, 0.1) is 15.7 Å². The molecule has 2 aromatic carbocycles. The predicted molar refractivity (Wildman–Crippen MR) is 121 cm³/mol. The highest BCUT2D eigenvalue weighted by atomic mass is 35.5. The Bertz CT molecular complexity index is 1080. The van der Waals surface area contributed by atoms with Crippen molar-refractivity contribution in [3.05, 3.63) is 58.6 Å². The molecule has 0 aliphatic heterocycles. The number of ether oxygens (including phenoxy) is 1. The van der Waals surface area contributed by atoms with Crippen LogP contribution in [0.2, 0.25) is 10.0 Å². The summed E-state index contributed by atoms with van der Waals surface area (Å²) in [6.07, 6.45) is -4.79. The Morgan fingerprint density at radius 2 is 1.78 bits per heavy atom. The minimum atomic E-state index is -4.79. The van der Waals surface area contributed by atoms with Crippen LogP contribution in [-0.2, 0) is 0 Å². The van der Waals surface area contributed by atoms with Gasteiger partial charge in [0, 0.05) is 30.4 Å². The number of halogens is 5. The second kappa shape index (κ2) is 10.2. The van der Waals surface area contributed by atoms with Gasteiger partial charge in [-0.25, -0.2) is 4.98 Å². The maximum absolute atomic E-state index is 12.6. The largest absolute Gasteiger partial charge is 0.573 e. The molecule has 3 aromatic rings. The van der Waals surface area contributed by atoms with Crippen molar-refractivity contribution in [3.8, 4) is 17.0 Å². The maximum Gasteiger partial charge on any atom is 0.573 e. The van der Waals surface area contributed by atoms with Gasteiger partial charge in [-0.1, -0.05) is 35.3 Å². The molecule has 0 spiro atoms. The molecule has 32 heavy (non-hydrogen) atoms. The molecule has 0 saturated carbocycles. The van der Waals surface area contributed by atoms with Crippen LogP contribution in [0.4, 0.5) is 30.6 Å². The molecule has 0 fully saturated rings. The van der Waals surface area contributed by atoms with E-state index in [-0.39, 0.29) is 5.75 Å². The molecular formula is C21H20Cl2F3N5O. The van der Waals surface area contributed by atoms with Crippen LogP contribution in [0.5, 0.6) is 5.75 Å². The molecule has 0 amide bonds. The summed E-state index contributed by atoms with van der Waals surface area (Å²) >= 11 is 12.0. The lowest BCUT2D eigenvalue weighted by atomic mass is 10.1. The smallest absolute Gasteiger partial charge is 0.406 e. The van der Waals surface area contributed by atoms with E-state index in [2.05, 4.69) is 25.3 Å². The molecule has 0 aliphatic carbocycles. The van der Waals surface area contributed by atoms with Gasteiger partial charge in [-0.3, -0.25) is 0 Å². The van der Waals surface area contributed by atoms with Crippen LogP contribution in [0.3, 0.4) is 0 Å². The van der Waals surface area contributed by atoms with Gasteiger partial charge < -0.3 is 20.3 Å². The van der Waals surface area contributed by atoms with E-state index in [9.17, 15) is 13.2 Å². The molecule has 0 atom stereocenters. The van der Waals surface area contributed by atoms with Gasteiger partial charge >= 0.3 is 6.36 Å². The fourth-order valence-corrected chi connectivity index (χ4v) is 3.00. The second-order valence-corrected chi connectivity index (χ2v) is 7.84. The van der Waals surface area contributed by atoms with E-state index in [4.69, 9.17) is 23.2 Å². The molecule has 1 aromatic heterocycles. The van der Waals surface area contributed by atoms with Crippen LogP contribution in [0.15, 0.2) is 48.5 Å². The first-order valence-corrected chi connectivity index (χ1v) is 10.2. The van der Waals surface area contributed by atoms with Crippen molar-refractivity contribution in [1.82, 2.24) is 14.9 Å². The van der Waals surface area contributed by atoms with Gasteiger partial charge in [-0.15, -0.1) is 13.2 Å². The van der Waals surface area contributed by atoms with Crippen molar-refractivity contribution >= 4 is 40.7 Å². The SMILES string of the molecule is CN(C)CCNc1nc(Nc2ccc(Cl)c(Cl)c2)cc(-c2cccc(OC(F)(F)F)c2)n1. The normalized spacial score (nSPS) is 11.5. The molecule has 3 rings (SSSR count). The minimum absolute atomic E-state index is 0.314. The zero-order valence-electron chi connectivity index (χ0n) is 17.2. The lowest BCUT2D eigenvalue weighted by molar-refractivity contribution is -0.274. The van der Waals surface area contributed by atoms with E-state index >= 15 is 0 Å². The summed E-state index contributed by atoms with van der Waals surface area (Å²) < 4.78 is 41.9. The Morgan fingerprint density at radius 1 is 1.00 bits per heavy atom. The van der Waals surface area contributed by atoms with Gasteiger partial charge in [-0.2, -0.15) is 4.98 Å². The van der Waals surface area contributed by atoms with E-state index < -0.39 is 6.36 Å². The highest BCUT2D eigenvalue weighted by Gasteiger charge is 2.31. The number of likely N-dealkylation sites (N-methyl/N-ethyl adjacent to an activating group) is 1. The zero-order chi connectivity index (χ0) is 23.3. The third-order valence-electron chi connectivity index (χ3n) is 4.12. The first-order chi connectivity index (χ1) is 15.1. The van der Waals surface area contributed by atoms with Crippen molar-refractivity contribution in [2.24, 2.45) is 0 Å². The number of rotatable bonds is 8. The first-order valence-electron chi connectivity index (χ1n) is 9.45. The molecule has 11 heteroatoms. The summed E-state index contributed by atoms with van der Waals surface area (Å²) in [6, 6.07) is 12.2. The minimum Gasteiger partial charge on any atom is -0.406 e. The number of alkyl halides is 3. The average Bonchev–Trinajstić information content (AvgIpc) is 2.69. The van der Waals surface area contributed by atoms with Crippen LogP contribution in [0.25, 0.3) is 11.3 Å². The topological polar surface area (TPSA) is 62.3 Å². The van der Waals surface area contributed by atoms with Crippen molar-refractivity contribution in [3.63, 3.8) is 0 Å². The quantitative estimate of drug-likeness (QED) is 0.403. The average molecular weight is 486 g/mol. The number of hydrogen-bond acceptors (Lipinski definition) is 6. The molecule has 0 saturated heterocycles. The Kier molecular flexibility index (Phi) is 7.65. The monoisotopic (exact) mass is 485 g/mol. The number of aromatic nitrogens is 2. The van der Waals surface area contributed by atoms with Gasteiger partial charge in [-0.05, 0) is 44.4 Å². The standard InChI is InChI=1S/C21H20Cl2F3N5O/c1-31(2)9-8-27-20-29-18(13-4-3-5-15(10-13)32-21(24,25)26)12-19(30-20)28-14-6-7-16(22)17(23)11-14/h3-7,10-12H,8-9H2,1-2H3,(H2,27,28,29,30). The maximum atomic E-state index is 12.6. The third-order valence-corrected chi connectivity index (χ3v) is 4.86. The number of benzene rings is 2. The summed E-state index contributed by atoms with van der Waals surface area (Å²) in [6.45, 7) is 1.30. The molecule has 1 heterocycles. The highest BCUT2D eigenvalue weighted by molar-refractivity contribution is 6.42. The first kappa shape index (κ1) is 23.9. The molecule has 6 nitrogen and oxygen atoms in total. The summed E-state index contributed by atoms with van der Waals surface area (Å²) in [7, 11) is 3.87. The van der Waals surface area contributed by atoms with Gasteiger partial charge in [0.15, 0.2) is 0 Å². The summed E-state index contributed by atoms with van der Waals surface area (Å²) in [5.74, 6) is 0.395. The van der Waals surface area contributed by atoms with E-state index in [0.717, 1.165) is 6.54 Å². The number of anilines is 3. The lowest BCUT2D eigenvalue weighted by Gasteiger charge is -2.14. The van der Waals surface area contributed by atoms with Gasteiger partial charge in [0.25, 0.3) is 0 Å². The summed E-state index contributed by atoms with van der Waals surface area (Å²) in [4.78, 5) is 10.9. The Morgan fingerprint density at radius 3 is 2.47 bits per heavy atom. The molecule has 0 bridgehead atoms. The van der Waals surface area contributed by atoms with Gasteiger partial charge in [0.2, 0.25) is 5.95 Å². The Hall–Kier alpha value is -2.75. The van der Waals surface area contributed by atoms with Crippen molar-refractivity contribution in [2.75, 3.05) is 37.8 Å². The molecule has 0 unspecified atom stereocenters. The number of nitrogens with one attached hydrogen (secondary N) is 2. The van der Waals surface area contributed by atoms with Crippen molar-refractivity contribution < 1.29 is 17.9 Å². The van der Waals surface area contributed by atoms with Gasteiger partial charge in [0.1, 0.15) is 11.6 Å². The van der Waals surface area contributed by atoms with Crippen LogP contribution in [-0.4, -0.2) is 48.4 Å². The highest BCUT2D eigenvalue weighted by Crippen LogP contribution is 2.30. The lowest BCUT2D eigenvalue weighted by Crippen LogP contribution is -2.21. The fourth-order valence-electron chi connectivity index (χ4n) is 2.70. The van der Waals surface area contributed by atoms with Crippen LogP contribution in [0, 0.1) is 0 Å². The molecule has 170 valence electrons. The van der Waals surface area contributed by atoms with Crippen molar-refractivity contribution in [2.45, 2.75) is 6.36 Å². The third kappa shape index (κ3) is 7.15. The summed E-state index contributed by atoms with van der Waals surface area (Å²) in [5, 5.41) is 7.02. The van der Waals surface area contributed by atoms with Crippen LogP contribution in [0.1, 0.15) is 0 Å². The van der Waals surface area contributed by atoms with E-state index in [1.807, 2.05) is 19.0 Å². The van der Waals surface area contributed by atoms with E-state index in [1.165, 1.54) is 18.2 Å². The Labute approximate surface area is 193 Å². The van der Waals surface area contributed by atoms with E-state index in [0.29, 0.717) is 45.3 Å². The van der Waals surface area contributed by atoms with Crippen LogP contribution >= 0.6 is 23.2 Å². The molecule has 2 N–H and O–H groups in total.